The summed E-state index contributed by atoms with van der Waals surface area (Å²) in [6.07, 6.45) is 8.03. The minimum Gasteiger partial charge on any atom is -0.469 e. The zero-order valence-corrected chi connectivity index (χ0v) is 11.6. The van der Waals surface area contributed by atoms with Crippen molar-refractivity contribution in [1.29, 1.82) is 0 Å². The van der Waals surface area contributed by atoms with E-state index < -0.39 is 0 Å². The molecule has 1 heterocycles. The molecule has 4 nitrogen and oxygen atoms in total. The first kappa shape index (κ1) is 13.3. The van der Waals surface area contributed by atoms with E-state index in [1.807, 2.05) is 5.38 Å². The zero-order valence-electron chi connectivity index (χ0n) is 10.8. The van der Waals surface area contributed by atoms with Crippen molar-refractivity contribution in [1.82, 2.24) is 4.98 Å². The van der Waals surface area contributed by atoms with Gasteiger partial charge in [0.15, 0.2) is 5.13 Å². The van der Waals surface area contributed by atoms with Crippen LogP contribution in [0.1, 0.15) is 44.2 Å². The molecular weight excluding hydrogens is 248 g/mol. The van der Waals surface area contributed by atoms with Gasteiger partial charge in [-0.2, -0.15) is 0 Å². The molecule has 0 spiro atoms. The van der Waals surface area contributed by atoms with Crippen LogP contribution >= 0.6 is 11.3 Å². The normalized spacial score (nSPS) is 17.2. The molecule has 1 aromatic heterocycles. The van der Waals surface area contributed by atoms with E-state index in [4.69, 9.17) is 0 Å². The lowest BCUT2D eigenvalue weighted by Gasteiger charge is -2.14. The molecule has 100 valence electrons. The number of nitrogens with zero attached hydrogens (tertiary/aromatic N) is 1. The summed E-state index contributed by atoms with van der Waals surface area (Å²) in [6, 6.07) is 0.546. The first-order valence-corrected chi connectivity index (χ1v) is 7.43. The quantitative estimate of drug-likeness (QED) is 0.673. The third kappa shape index (κ3) is 3.98. The average molecular weight is 268 g/mol. The van der Waals surface area contributed by atoms with E-state index >= 15 is 0 Å². The van der Waals surface area contributed by atoms with Crippen molar-refractivity contribution < 1.29 is 9.53 Å². The van der Waals surface area contributed by atoms with Gasteiger partial charge < -0.3 is 10.1 Å². The monoisotopic (exact) mass is 268 g/mol. The van der Waals surface area contributed by atoms with Gasteiger partial charge in [-0.1, -0.05) is 25.7 Å². The first-order chi connectivity index (χ1) is 8.78. The number of nitrogens with one attached hydrogen (secondary N) is 1. The third-order valence-electron chi connectivity index (χ3n) is 3.29. The number of aromatic nitrogens is 1. The number of hydrogen-bond acceptors (Lipinski definition) is 5. The molecule has 0 radical (unpaired) electrons. The summed E-state index contributed by atoms with van der Waals surface area (Å²) in [4.78, 5) is 15.6. The summed E-state index contributed by atoms with van der Waals surface area (Å²) in [7, 11) is 1.40. The minimum atomic E-state index is -0.235. The van der Waals surface area contributed by atoms with Gasteiger partial charge in [-0.15, -0.1) is 11.3 Å². The van der Waals surface area contributed by atoms with Gasteiger partial charge >= 0.3 is 5.97 Å². The van der Waals surface area contributed by atoms with Crippen molar-refractivity contribution in [3.05, 3.63) is 11.1 Å². The van der Waals surface area contributed by atoms with Gasteiger partial charge in [-0.05, 0) is 12.8 Å². The Morgan fingerprint density at radius 2 is 2.17 bits per heavy atom. The molecule has 1 aliphatic carbocycles. The molecule has 0 amide bonds. The van der Waals surface area contributed by atoms with Gasteiger partial charge in [0.1, 0.15) is 0 Å². The summed E-state index contributed by atoms with van der Waals surface area (Å²) in [5, 5.41) is 6.35. The van der Waals surface area contributed by atoms with Crippen LogP contribution in [0.15, 0.2) is 5.38 Å². The van der Waals surface area contributed by atoms with Crippen molar-refractivity contribution in [3.63, 3.8) is 0 Å². The number of ether oxygens (including phenoxy) is 1. The molecule has 2 rings (SSSR count). The van der Waals surface area contributed by atoms with E-state index in [2.05, 4.69) is 15.0 Å². The maximum atomic E-state index is 11.1. The topological polar surface area (TPSA) is 51.2 Å². The summed E-state index contributed by atoms with van der Waals surface area (Å²) in [5.74, 6) is -0.235. The fourth-order valence-corrected chi connectivity index (χ4v) is 3.06. The lowest BCUT2D eigenvalue weighted by Crippen LogP contribution is -2.18. The van der Waals surface area contributed by atoms with Crippen LogP contribution < -0.4 is 5.32 Å². The molecule has 0 atom stereocenters. The van der Waals surface area contributed by atoms with Gasteiger partial charge in [-0.3, -0.25) is 4.79 Å². The molecule has 1 saturated carbocycles. The van der Waals surface area contributed by atoms with Crippen LogP contribution in [0.25, 0.3) is 0 Å². The lowest BCUT2D eigenvalue weighted by molar-refractivity contribution is -0.139. The molecule has 5 heteroatoms. The third-order valence-corrected chi connectivity index (χ3v) is 4.11. The van der Waals surface area contributed by atoms with Crippen LogP contribution in [0, 0.1) is 0 Å². The van der Waals surface area contributed by atoms with Crippen molar-refractivity contribution in [2.45, 2.75) is 51.0 Å². The predicted octanol–water partition coefficient (Wildman–Crippen LogP) is 2.99. The Morgan fingerprint density at radius 1 is 1.44 bits per heavy atom. The molecule has 1 aliphatic rings. The fourth-order valence-electron chi connectivity index (χ4n) is 2.27. The Labute approximate surface area is 112 Å². The highest BCUT2D eigenvalue weighted by Crippen LogP contribution is 2.23. The Hall–Kier alpha value is -1.10. The molecule has 0 aromatic carbocycles. The van der Waals surface area contributed by atoms with Gasteiger partial charge in [0.25, 0.3) is 0 Å². The van der Waals surface area contributed by atoms with Crippen molar-refractivity contribution in [2.24, 2.45) is 0 Å². The molecule has 0 saturated heterocycles. The van der Waals surface area contributed by atoms with Crippen LogP contribution in [0.5, 0.6) is 0 Å². The lowest BCUT2D eigenvalue weighted by atomic mass is 10.1. The van der Waals surface area contributed by atoms with Gasteiger partial charge in [-0.25, -0.2) is 4.98 Å². The number of thiazole rings is 1. The summed E-state index contributed by atoms with van der Waals surface area (Å²) in [5.41, 5.74) is 0.794. The Bertz CT molecular complexity index is 384. The molecule has 0 unspecified atom stereocenters. The Kier molecular flexibility index (Phi) is 4.99. The minimum absolute atomic E-state index is 0.235. The van der Waals surface area contributed by atoms with Crippen molar-refractivity contribution >= 4 is 22.4 Å². The zero-order chi connectivity index (χ0) is 12.8. The number of rotatable bonds is 4. The van der Waals surface area contributed by atoms with Crippen LogP contribution in [-0.2, 0) is 16.0 Å². The number of esters is 1. The fraction of sp³-hybridized carbons (Fsp3) is 0.692. The SMILES string of the molecule is COC(=O)Cc1csc(NC2CCCCCC2)n1. The number of hydrogen-bond donors (Lipinski definition) is 1. The Morgan fingerprint density at radius 3 is 2.83 bits per heavy atom. The highest BCUT2D eigenvalue weighted by atomic mass is 32.1. The highest BCUT2D eigenvalue weighted by molar-refractivity contribution is 7.13. The second-order valence-electron chi connectivity index (χ2n) is 4.73. The van der Waals surface area contributed by atoms with E-state index in [0.717, 1.165) is 10.8 Å². The van der Waals surface area contributed by atoms with Gasteiger partial charge in [0.2, 0.25) is 0 Å². The molecular formula is C13H20N2O2S. The summed E-state index contributed by atoms with van der Waals surface area (Å²) >= 11 is 1.57. The maximum Gasteiger partial charge on any atom is 0.311 e. The van der Waals surface area contributed by atoms with Crippen LogP contribution in [0.4, 0.5) is 5.13 Å². The summed E-state index contributed by atoms with van der Waals surface area (Å²) in [6.45, 7) is 0. The summed E-state index contributed by atoms with van der Waals surface area (Å²) < 4.78 is 4.64. The van der Waals surface area contributed by atoms with Crippen LogP contribution in [-0.4, -0.2) is 24.1 Å². The second-order valence-corrected chi connectivity index (χ2v) is 5.59. The number of carbonyl (C=O) groups excluding carboxylic acids is 1. The predicted molar refractivity (Wildman–Crippen MR) is 72.9 cm³/mol. The number of anilines is 1. The van der Waals surface area contributed by atoms with Crippen molar-refractivity contribution in [2.75, 3.05) is 12.4 Å². The van der Waals surface area contributed by atoms with Gasteiger partial charge in [0.05, 0.1) is 19.2 Å². The molecule has 1 N–H and O–H groups in total. The standard InChI is InChI=1S/C13H20N2O2S/c1-17-12(16)8-11-9-18-13(15-11)14-10-6-4-2-3-5-7-10/h9-10H,2-8H2,1H3,(H,14,15). The van der Waals surface area contributed by atoms with E-state index in [0.29, 0.717) is 6.04 Å². The van der Waals surface area contributed by atoms with E-state index in [1.54, 1.807) is 11.3 Å². The van der Waals surface area contributed by atoms with Crippen LogP contribution in [0.3, 0.4) is 0 Å². The number of methoxy groups -OCH3 is 1. The maximum absolute atomic E-state index is 11.1. The molecule has 18 heavy (non-hydrogen) atoms. The molecule has 0 bridgehead atoms. The van der Waals surface area contributed by atoms with E-state index in [-0.39, 0.29) is 12.4 Å². The van der Waals surface area contributed by atoms with Crippen molar-refractivity contribution in [3.8, 4) is 0 Å². The molecule has 1 aromatic rings. The highest BCUT2D eigenvalue weighted by Gasteiger charge is 2.14. The first-order valence-electron chi connectivity index (χ1n) is 6.55. The van der Waals surface area contributed by atoms with Gasteiger partial charge in [0, 0.05) is 11.4 Å². The largest absolute Gasteiger partial charge is 0.469 e. The molecule has 1 fully saturated rings. The van der Waals surface area contributed by atoms with E-state index in [1.165, 1.54) is 45.6 Å². The molecule has 0 aliphatic heterocycles. The average Bonchev–Trinajstić information content (AvgIpc) is 2.63. The second kappa shape index (κ2) is 6.73. The number of carbonyl (C=O) groups is 1. The smallest absolute Gasteiger partial charge is 0.311 e. The Balaban J connectivity index is 1.87. The van der Waals surface area contributed by atoms with Crippen LogP contribution in [0.2, 0.25) is 0 Å². The van der Waals surface area contributed by atoms with E-state index in [9.17, 15) is 4.79 Å².